The normalized spacial score (nSPS) is 14.6. The van der Waals surface area contributed by atoms with E-state index in [0.717, 1.165) is 47.9 Å². The van der Waals surface area contributed by atoms with Crippen LogP contribution < -0.4 is 9.80 Å². The van der Waals surface area contributed by atoms with Gasteiger partial charge in [-0.25, -0.2) is 14.4 Å². The van der Waals surface area contributed by atoms with Gasteiger partial charge in [-0.15, -0.1) is 11.3 Å². The smallest absolute Gasteiger partial charge is 0.141 e. The maximum absolute atomic E-state index is 13.2. The molecular formula is C23H21FN4S. The van der Waals surface area contributed by atoms with Crippen LogP contribution in [0.5, 0.6) is 0 Å². The fourth-order valence-corrected chi connectivity index (χ4v) is 4.78. The second-order valence-corrected chi connectivity index (χ2v) is 8.20. The Labute approximate surface area is 173 Å². The van der Waals surface area contributed by atoms with Gasteiger partial charge in [0.1, 0.15) is 22.8 Å². The van der Waals surface area contributed by atoms with E-state index in [1.165, 1.54) is 28.8 Å². The molecule has 0 amide bonds. The predicted octanol–water partition coefficient (Wildman–Crippen LogP) is 5.13. The van der Waals surface area contributed by atoms with Crippen LogP contribution >= 0.6 is 11.3 Å². The minimum Gasteiger partial charge on any atom is -0.368 e. The van der Waals surface area contributed by atoms with Crippen LogP contribution in [-0.2, 0) is 0 Å². The van der Waals surface area contributed by atoms with Crippen LogP contribution in [0.25, 0.3) is 21.3 Å². The van der Waals surface area contributed by atoms with Gasteiger partial charge >= 0.3 is 0 Å². The van der Waals surface area contributed by atoms with Crippen molar-refractivity contribution in [1.29, 1.82) is 0 Å². The summed E-state index contributed by atoms with van der Waals surface area (Å²) in [5.74, 6) is 0.808. The van der Waals surface area contributed by atoms with Gasteiger partial charge in [0.15, 0.2) is 0 Å². The lowest BCUT2D eigenvalue weighted by molar-refractivity contribution is 0.624. The van der Waals surface area contributed by atoms with E-state index in [1.807, 2.05) is 12.1 Å². The third kappa shape index (κ3) is 3.44. The van der Waals surface area contributed by atoms with Gasteiger partial charge in [-0.05, 0) is 36.8 Å². The zero-order valence-corrected chi connectivity index (χ0v) is 17.0. The summed E-state index contributed by atoms with van der Waals surface area (Å²) >= 11 is 1.67. The Hall–Kier alpha value is -2.99. The third-order valence-electron chi connectivity index (χ3n) is 5.48. The lowest BCUT2D eigenvalue weighted by atomic mass is 10.0. The monoisotopic (exact) mass is 404 g/mol. The average molecular weight is 405 g/mol. The highest BCUT2D eigenvalue weighted by Crippen LogP contribution is 2.38. The number of hydrogen-bond acceptors (Lipinski definition) is 5. The molecule has 0 unspecified atom stereocenters. The minimum absolute atomic E-state index is 0.197. The van der Waals surface area contributed by atoms with Crippen molar-refractivity contribution >= 4 is 33.1 Å². The van der Waals surface area contributed by atoms with Crippen molar-refractivity contribution in [2.45, 2.75) is 6.92 Å². The van der Waals surface area contributed by atoms with E-state index in [4.69, 9.17) is 0 Å². The molecule has 2 aromatic carbocycles. The Balaban J connectivity index is 1.44. The van der Waals surface area contributed by atoms with Crippen molar-refractivity contribution in [2.75, 3.05) is 36.0 Å². The first-order valence-electron chi connectivity index (χ1n) is 9.74. The quantitative estimate of drug-likeness (QED) is 0.474. The van der Waals surface area contributed by atoms with Crippen LogP contribution in [0.2, 0.25) is 0 Å². The first-order valence-corrected chi connectivity index (χ1v) is 10.6. The van der Waals surface area contributed by atoms with Crippen molar-refractivity contribution in [1.82, 2.24) is 9.97 Å². The van der Waals surface area contributed by atoms with Crippen LogP contribution in [0.3, 0.4) is 0 Å². The number of rotatable bonds is 3. The van der Waals surface area contributed by atoms with Crippen molar-refractivity contribution in [2.24, 2.45) is 0 Å². The molecule has 1 aliphatic heterocycles. The number of aromatic nitrogens is 2. The molecule has 1 saturated heterocycles. The Bertz CT molecular complexity index is 1130. The summed E-state index contributed by atoms with van der Waals surface area (Å²) in [4.78, 5) is 14.8. The number of aryl methyl sites for hydroxylation is 1. The van der Waals surface area contributed by atoms with Gasteiger partial charge in [-0.2, -0.15) is 0 Å². The van der Waals surface area contributed by atoms with Gasteiger partial charge in [0, 0.05) is 42.8 Å². The van der Waals surface area contributed by atoms with Gasteiger partial charge in [0.2, 0.25) is 0 Å². The Morgan fingerprint density at radius 3 is 2.28 bits per heavy atom. The Morgan fingerprint density at radius 2 is 1.55 bits per heavy atom. The van der Waals surface area contributed by atoms with Gasteiger partial charge in [0.05, 0.1) is 5.39 Å². The number of fused-ring (bicyclic) bond motifs is 1. The summed E-state index contributed by atoms with van der Waals surface area (Å²) in [6, 6.07) is 15.4. The van der Waals surface area contributed by atoms with E-state index < -0.39 is 0 Å². The molecule has 2 aromatic heterocycles. The minimum atomic E-state index is -0.197. The standard InChI is InChI=1S/C23H21FN4S/c1-16-2-4-17(5-3-16)20-14-29-23-21(20)22(25-15-26-23)28-12-10-27(11-13-28)19-8-6-18(24)7-9-19/h2-9,14-15H,10-13H2,1H3. The lowest BCUT2D eigenvalue weighted by Crippen LogP contribution is -2.46. The van der Waals surface area contributed by atoms with Gasteiger partial charge in [0.25, 0.3) is 0 Å². The zero-order chi connectivity index (χ0) is 19.8. The Kier molecular flexibility index (Phi) is 4.64. The highest BCUT2D eigenvalue weighted by atomic mass is 32.1. The number of nitrogens with zero attached hydrogens (tertiary/aromatic N) is 4. The molecule has 0 radical (unpaired) electrons. The van der Waals surface area contributed by atoms with Crippen LogP contribution in [0, 0.1) is 12.7 Å². The molecule has 0 N–H and O–H groups in total. The maximum atomic E-state index is 13.2. The second-order valence-electron chi connectivity index (χ2n) is 7.34. The fraction of sp³-hybridized carbons (Fsp3) is 0.217. The van der Waals surface area contributed by atoms with E-state index in [9.17, 15) is 4.39 Å². The number of hydrogen-bond donors (Lipinski definition) is 0. The number of halogens is 1. The second kappa shape index (κ2) is 7.44. The molecule has 146 valence electrons. The zero-order valence-electron chi connectivity index (χ0n) is 16.2. The van der Waals surface area contributed by atoms with Crippen LogP contribution in [0.4, 0.5) is 15.9 Å². The van der Waals surface area contributed by atoms with Crippen molar-refractivity contribution in [3.63, 3.8) is 0 Å². The molecule has 0 aliphatic carbocycles. The van der Waals surface area contributed by atoms with E-state index in [1.54, 1.807) is 17.7 Å². The molecule has 0 atom stereocenters. The highest BCUT2D eigenvalue weighted by Gasteiger charge is 2.22. The molecule has 0 spiro atoms. The van der Waals surface area contributed by atoms with Crippen molar-refractivity contribution < 1.29 is 4.39 Å². The number of benzene rings is 2. The first kappa shape index (κ1) is 18.1. The van der Waals surface area contributed by atoms with E-state index in [0.29, 0.717) is 0 Å². The van der Waals surface area contributed by atoms with Crippen LogP contribution in [0.1, 0.15) is 5.56 Å². The highest BCUT2D eigenvalue weighted by molar-refractivity contribution is 7.17. The van der Waals surface area contributed by atoms with Gasteiger partial charge in [-0.3, -0.25) is 0 Å². The van der Waals surface area contributed by atoms with E-state index >= 15 is 0 Å². The van der Waals surface area contributed by atoms with Crippen LogP contribution in [0.15, 0.2) is 60.2 Å². The summed E-state index contributed by atoms with van der Waals surface area (Å²) in [7, 11) is 0. The molecule has 1 fully saturated rings. The molecule has 0 saturated carbocycles. The number of piperazine rings is 1. The molecule has 1 aliphatic rings. The SMILES string of the molecule is Cc1ccc(-c2csc3ncnc(N4CCN(c5ccc(F)cc5)CC4)c23)cc1. The Morgan fingerprint density at radius 1 is 0.862 bits per heavy atom. The topological polar surface area (TPSA) is 32.3 Å². The molecule has 29 heavy (non-hydrogen) atoms. The molecule has 4 nitrogen and oxygen atoms in total. The molecule has 3 heterocycles. The summed E-state index contributed by atoms with van der Waals surface area (Å²) in [6.45, 7) is 5.59. The largest absolute Gasteiger partial charge is 0.368 e. The van der Waals surface area contributed by atoms with E-state index in [-0.39, 0.29) is 5.82 Å². The predicted molar refractivity (Wildman–Crippen MR) is 118 cm³/mol. The molecule has 6 heteroatoms. The molecule has 5 rings (SSSR count). The maximum Gasteiger partial charge on any atom is 0.141 e. The van der Waals surface area contributed by atoms with Gasteiger partial charge in [-0.1, -0.05) is 29.8 Å². The fourth-order valence-electron chi connectivity index (χ4n) is 3.87. The van der Waals surface area contributed by atoms with Crippen LogP contribution in [-0.4, -0.2) is 36.1 Å². The summed E-state index contributed by atoms with van der Waals surface area (Å²) < 4.78 is 13.2. The lowest BCUT2D eigenvalue weighted by Gasteiger charge is -2.37. The number of thiophene rings is 1. The average Bonchev–Trinajstić information content (AvgIpc) is 3.19. The number of anilines is 2. The molecular weight excluding hydrogens is 383 g/mol. The van der Waals surface area contributed by atoms with Crippen molar-refractivity contribution in [3.8, 4) is 11.1 Å². The summed E-state index contributed by atoms with van der Waals surface area (Å²) in [6.07, 6.45) is 1.67. The van der Waals surface area contributed by atoms with E-state index in [2.05, 4.69) is 56.3 Å². The summed E-state index contributed by atoms with van der Waals surface area (Å²) in [5.41, 5.74) is 4.71. The van der Waals surface area contributed by atoms with Gasteiger partial charge < -0.3 is 9.80 Å². The third-order valence-corrected chi connectivity index (χ3v) is 6.37. The first-order chi connectivity index (χ1) is 14.2. The van der Waals surface area contributed by atoms with Crippen molar-refractivity contribution in [3.05, 3.63) is 71.6 Å². The summed E-state index contributed by atoms with van der Waals surface area (Å²) in [5, 5.41) is 3.32. The molecule has 0 bridgehead atoms. The molecule has 4 aromatic rings.